The molecule has 0 aliphatic carbocycles. The summed E-state index contributed by atoms with van der Waals surface area (Å²) in [4.78, 5) is 19.6. The molecule has 7 nitrogen and oxygen atoms in total. The summed E-state index contributed by atoms with van der Waals surface area (Å²) < 4.78 is 13.2. The normalized spacial score (nSPS) is 9.13. The lowest BCUT2D eigenvalue weighted by molar-refractivity contribution is -0.125. The number of ether oxygens (including phenoxy) is 3. The highest BCUT2D eigenvalue weighted by Crippen LogP contribution is 1.83. The van der Waals surface area contributed by atoms with Crippen LogP contribution in [0, 0.1) is 0 Å². The van der Waals surface area contributed by atoms with Crippen molar-refractivity contribution in [3.05, 3.63) is 0 Å². The van der Waals surface area contributed by atoms with Crippen LogP contribution >= 0.6 is 0 Å². The van der Waals surface area contributed by atoms with Gasteiger partial charge in [-0.2, -0.15) is 0 Å². The molecule has 0 spiro atoms. The first-order valence-corrected chi connectivity index (χ1v) is 4.01. The number of aliphatic hydroxyl groups is 1. The largest absolute Gasteiger partial charge is 0.506 e. The number of aliphatic hydroxyl groups excluding tert-OH is 1. The SMILES string of the molecule is COC(C)OC.O=C(CO)COC(=O)O. The van der Waals surface area contributed by atoms with E-state index in [-0.39, 0.29) is 6.29 Å². The van der Waals surface area contributed by atoms with Crippen molar-refractivity contribution in [2.45, 2.75) is 13.2 Å². The Bertz CT molecular complexity index is 176. The molecule has 0 unspecified atom stereocenters. The van der Waals surface area contributed by atoms with Crippen molar-refractivity contribution in [2.75, 3.05) is 27.4 Å². The molecular formula is C8H16O7. The number of ketones is 1. The molecule has 0 atom stereocenters. The highest BCUT2D eigenvalue weighted by molar-refractivity contribution is 5.81. The second-order valence-corrected chi connectivity index (χ2v) is 2.29. The number of methoxy groups -OCH3 is 2. The van der Waals surface area contributed by atoms with E-state index in [0.717, 1.165) is 0 Å². The lowest BCUT2D eigenvalue weighted by atomic mass is 10.5. The number of hydrogen-bond donors (Lipinski definition) is 2. The molecule has 90 valence electrons. The Kier molecular flexibility index (Phi) is 11.8. The van der Waals surface area contributed by atoms with Gasteiger partial charge in [-0.25, -0.2) is 4.79 Å². The van der Waals surface area contributed by atoms with E-state index in [1.54, 1.807) is 14.2 Å². The summed E-state index contributed by atoms with van der Waals surface area (Å²) in [6.07, 6.45) is -1.58. The maximum atomic E-state index is 10.1. The van der Waals surface area contributed by atoms with E-state index in [9.17, 15) is 9.59 Å². The standard InChI is InChI=1S/C4H6O5.C4H10O2/c5-1-3(6)2-9-4(7)8;1-4(5-2)6-3/h5H,1-2H2,(H,7,8);4H,1-3H3. The number of Topliss-reactive ketones (excluding diaryl/α,β-unsaturated/α-hetero) is 1. The van der Waals surface area contributed by atoms with Gasteiger partial charge in [-0.3, -0.25) is 4.79 Å². The van der Waals surface area contributed by atoms with E-state index < -0.39 is 25.2 Å². The Morgan fingerprint density at radius 2 is 1.73 bits per heavy atom. The van der Waals surface area contributed by atoms with Gasteiger partial charge in [0.1, 0.15) is 6.61 Å². The Hall–Kier alpha value is -1.18. The molecule has 0 aromatic rings. The van der Waals surface area contributed by atoms with Gasteiger partial charge in [0.15, 0.2) is 18.7 Å². The van der Waals surface area contributed by atoms with Crippen LogP contribution in [0.3, 0.4) is 0 Å². The molecule has 0 saturated heterocycles. The summed E-state index contributed by atoms with van der Waals surface area (Å²) in [6, 6.07) is 0. The van der Waals surface area contributed by atoms with Gasteiger partial charge in [0.05, 0.1) is 0 Å². The fourth-order valence-corrected chi connectivity index (χ4v) is 0.284. The average Bonchev–Trinajstić information content (AvgIpc) is 2.25. The molecule has 0 rings (SSSR count). The van der Waals surface area contributed by atoms with Crippen molar-refractivity contribution < 1.29 is 34.0 Å². The van der Waals surface area contributed by atoms with Gasteiger partial charge in [-0.15, -0.1) is 0 Å². The van der Waals surface area contributed by atoms with Crippen LogP contribution in [-0.2, 0) is 19.0 Å². The van der Waals surface area contributed by atoms with Crippen LogP contribution in [0.15, 0.2) is 0 Å². The van der Waals surface area contributed by atoms with Gasteiger partial charge >= 0.3 is 6.16 Å². The van der Waals surface area contributed by atoms with E-state index in [1.807, 2.05) is 6.92 Å². The fourth-order valence-electron chi connectivity index (χ4n) is 0.284. The molecule has 7 heteroatoms. The number of rotatable bonds is 5. The quantitative estimate of drug-likeness (QED) is 0.495. The van der Waals surface area contributed by atoms with Crippen LogP contribution in [0.2, 0.25) is 0 Å². The summed E-state index contributed by atoms with van der Waals surface area (Å²) in [5.41, 5.74) is 0. The van der Waals surface area contributed by atoms with E-state index in [0.29, 0.717) is 0 Å². The second kappa shape index (κ2) is 10.9. The Balaban J connectivity index is 0. The van der Waals surface area contributed by atoms with Gasteiger partial charge in [0, 0.05) is 14.2 Å². The van der Waals surface area contributed by atoms with E-state index in [1.165, 1.54) is 0 Å². The molecule has 0 heterocycles. The van der Waals surface area contributed by atoms with Gasteiger partial charge < -0.3 is 24.4 Å². The van der Waals surface area contributed by atoms with Crippen molar-refractivity contribution >= 4 is 11.9 Å². The summed E-state index contributed by atoms with van der Waals surface area (Å²) in [6.45, 7) is 0.569. The van der Waals surface area contributed by atoms with Crippen molar-refractivity contribution in [3.63, 3.8) is 0 Å². The lowest BCUT2D eigenvalue weighted by Crippen LogP contribution is -2.14. The molecule has 0 aromatic heterocycles. The van der Waals surface area contributed by atoms with E-state index in [2.05, 4.69) is 14.2 Å². The highest BCUT2D eigenvalue weighted by Gasteiger charge is 2.01. The van der Waals surface area contributed by atoms with Gasteiger partial charge in [0.2, 0.25) is 0 Å². The number of carbonyl (C=O) groups is 2. The molecule has 0 radical (unpaired) electrons. The Morgan fingerprint density at radius 1 is 1.27 bits per heavy atom. The minimum absolute atomic E-state index is 0.0648. The molecule has 0 aliphatic heterocycles. The van der Waals surface area contributed by atoms with Gasteiger partial charge in [0.25, 0.3) is 0 Å². The molecule has 0 saturated carbocycles. The van der Waals surface area contributed by atoms with Crippen LogP contribution in [0.4, 0.5) is 4.79 Å². The monoisotopic (exact) mass is 224 g/mol. The fraction of sp³-hybridized carbons (Fsp3) is 0.750. The number of carbonyl (C=O) groups excluding carboxylic acids is 1. The predicted octanol–water partition coefficient (Wildman–Crippen LogP) is -0.132. The van der Waals surface area contributed by atoms with Crippen molar-refractivity contribution in [1.29, 1.82) is 0 Å². The maximum absolute atomic E-state index is 10.1. The number of carboxylic acid groups (broad SMARTS) is 1. The first-order valence-electron chi connectivity index (χ1n) is 4.01. The molecule has 0 aliphatic rings. The molecule has 0 amide bonds. The zero-order valence-electron chi connectivity index (χ0n) is 8.93. The molecule has 0 fully saturated rings. The van der Waals surface area contributed by atoms with Gasteiger partial charge in [-0.05, 0) is 6.92 Å². The molecular weight excluding hydrogens is 208 g/mol. The van der Waals surface area contributed by atoms with Crippen molar-refractivity contribution in [2.24, 2.45) is 0 Å². The lowest BCUT2D eigenvalue weighted by Gasteiger charge is -2.03. The van der Waals surface area contributed by atoms with Crippen LogP contribution in [-0.4, -0.2) is 55.9 Å². The zero-order valence-corrected chi connectivity index (χ0v) is 8.93. The topological polar surface area (TPSA) is 102 Å². The zero-order chi connectivity index (χ0) is 12.3. The molecule has 0 bridgehead atoms. The Labute approximate surface area is 87.6 Å². The summed E-state index contributed by atoms with van der Waals surface area (Å²) in [5, 5.41) is 15.8. The first kappa shape index (κ1) is 16.3. The summed E-state index contributed by atoms with van der Waals surface area (Å²) in [5.74, 6) is -0.655. The van der Waals surface area contributed by atoms with Crippen LogP contribution < -0.4 is 0 Å². The first-order chi connectivity index (χ1) is 6.97. The molecule has 2 N–H and O–H groups in total. The predicted molar refractivity (Wildman–Crippen MR) is 49.5 cm³/mol. The highest BCUT2D eigenvalue weighted by atomic mass is 16.7. The van der Waals surface area contributed by atoms with Crippen LogP contribution in [0.5, 0.6) is 0 Å². The minimum atomic E-state index is -1.52. The molecule has 15 heavy (non-hydrogen) atoms. The summed E-state index contributed by atoms with van der Waals surface area (Å²) >= 11 is 0. The van der Waals surface area contributed by atoms with Crippen LogP contribution in [0.25, 0.3) is 0 Å². The minimum Gasteiger partial charge on any atom is -0.450 e. The third kappa shape index (κ3) is 15.6. The van der Waals surface area contributed by atoms with Crippen molar-refractivity contribution in [1.82, 2.24) is 0 Å². The maximum Gasteiger partial charge on any atom is 0.506 e. The third-order valence-electron chi connectivity index (χ3n) is 1.20. The number of hydrogen-bond acceptors (Lipinski definition) is 6. The Morgan fingerprint density at radius 3 is 1.93 bits per heavy atom. The van der Waals surface area contributed by atoms with Crippen molar-refractivity contribution in [3.8, 4) is 0 Å². The van der Waals surface area contributed by atoms with E-state index >= 15 is 0 Å². The smallest absolute Gasteiger partial charge is 0.450 e. The molecule has 0 aromatic carbocycles. The van der Waals surface area contributed by atoms with Gasteiger partial charge in [-0.1, -0.05) is 0 Å². The third-order valence-corrected chi connectivity index (χ3v) is 1.20. The average molecular weight is 224 g/mol. The van der Waals surface area contributed by atoms with Crippen LogP contribution in [0.1, 0.15) is 6.92 Å². The van der Waals surface area contributed by atoms with E-state index in [4.69, 9.17) is 10.2 Å². The summed E-state index contributed by atoms with van der Waals surface area (Å²) in [7, 11) is 3.21. The second-order valence-electron chi connectivity index (χ2n) is 2.29.